The smallest absolute Gasteiger partial charge is 0.272 e. The van der Waals surface area contributed by atoms with Gasteiger partial charge in [0.2, 0.25) is 0 Å². The maximum atomic E-state index is 12.8. The number of halogens is 1. The van der Waals surface area contributed by atoms with E-state index in [0.29, 0.717) is 23.2 Å². The van der Waals surface area contributed by atoms with Crippen LogP contribution < -0.4 is 0 Å². The van der Waals surface area contributed by atoms with Crippen LogP contribution in [0.2, 0.25) is 5.02 Å². The Morgan fingerprint density at radius 1 is 1.30 bits per heavy atom. The summed E-state index contributed by atoms with van der Waals surface area (Å²) in [5.41, 5.74) is 2.39. The third-order valence-corrected chi connectivity index (χ3v) is 4.72. The van der Waals surface area contributed by atoms with E-state index in [1.54, 1.807) is 4.68 Å². The molecule has 0 radical (unpaired) electrons. The van der Waals surface area contributed by atoms with Crippen LogP contribution in [0.5, 0.6) is 0 Å². The quantitative estimate of drug-likeness (QED) is 0.849. The van der Waals surface area contributed by atoms with Crippen molar-refractivity contribution in [1.82, 2.24) is 14.7 Å². The monoisotopic (exact) mass is 331 g/mol. The molecule has 0 unspecified atom stereocenters. The second kappa shape index (κ2) is 6.75. The number of aromatic nitrogens is 2. The van der Waals surface area contributed by atoms with Crippen molar-refractivity contribution < 1.29 is 4.79 Å². The van der Waals surface area contributed by atoms with Gasteiger partial charge in [0.25, 0.3) is 5.91 Å². The number of carbonyl (C=O) groups excluding carboxylic acids is 1. The zero-order chi connectivity index (χ0) is 16.4. The van der Waals surface area contributed by atoms with Gasteiger partial charge in [-0.1, -0.05) is 30.7 Å². The van der Waals surface area contributed by atoms with Crippen LogP contribution in [0.1, 0.15) is 37.2 Å². The molecule has 1 aliphatic heterocycles. The van der Waals surface area contributed by atoms with E-state index in [1.807, 2.05) is 42.2 Å². The third-order valence-electron chi connectivity index (χ3n) is 4.49. The van der Waals surface area contributed by atoms with Gasteiger partial charge in [-0.05, 0) is 43.9 Å². The molecule has 5 heteroatoms. The highest BCUT2D eigenvalue weighted by atomic mass is 35.5. The van der Waals surface area contributed by atoms with Crippen LogP contribution in [-0.4, -0.2) is 33.7 Å². The Balaban J connectivity index is 1.89. The number of rotatable bonds is 3. The van der Waals surface area contributed by atoms with Crippen molar-refractivity contribution in [3.05, 3.63) is 41.0 Å². The van der Waals surface area contributed by atoms with Crippen molar-refractivity contribution in [3.8, 4) is 11.3 Å². The lowest BCUT2D eigenvalue weighted by Gasteiger charge is -2.30. The largest absolute Gasteiger partial charge is 0.337 e. The Labute approximate surface area is 142 Å². The molecule has 0 spiro atoms. The maximum absolute atomic E-state index is 12.8. The number of carbonyl (C=O) groups is 1. The highest BCUT2D eigenvalue weighted by Gasteiger charge is 2.24. The van der Waals surface area contributed by atoms with Gasteiger partial charge in [0.05, 0.1) is 5.69 Å². The molecular formula is C18H22ClN3O. The van der Waals surface area contributed by atoms with Gasteiger partial charge in [-0.25, -0.2) is 0 Å². The molecule has 1 aromatic carbocycles. The molecule has 0 N–H and O–H groups in total. The fraction of sp³-hybridized carbons (Fsp3) is 0.444. The van der Waals surface area contributed by atoms with Crippen molar-refractivity contribution >= 4 is 17.5 Å². The summed E-state index contributed by atoms with van der Waals surface area (Å²) in [6, 6.07) is 9.46. The average Bonchev–Trinajstić information content (AvgIpc) is 2.99. The predicted octanol–water partition coefficient (Wildman–Crippen LogP) is 4.10. The van der Waals surface area contributed by atoms with E-state index < -0.39 is 0 Å². The highest BCUT2D eigenvalue weighted by Crippen LogP contribution is 2.24. The second-order valence-corrected chi connectivity index (χ2v) is 6.65. The van der Waals surface area contributed by atoms with E-state index >= 15 is 0 Å². The summed E-state index contributed by atoms with van der Waals surface area (Å²) in [6.45, 7) is 6.59. The molecule has 1 aromatic heterocycles. The summed E-state index contributed by atoms with van der Waals surface area (Å²) in [6.07, 6.45) is 2.15. The minimum atomic E-state index is 0.0829. The van der Waals surface area contributed by atoms with Crippen molar-refractivity contribution in [2.75, 3.05) is 13.1 Å². The van der Waals surface area contributed by atoms with E-state index in [1.165, 1.54) is 0 Å². The number of hydrogen-bond acceptors (Lipinski definition) is 2. The minimum Gasteiger partial charge on any atom is -0.337 e. The van der Waals surface area contributed by atoms with Crippen LogP contribution in [0.3, 0.4) is 0 Å². The first kappa shape index (κ1) is 16.1. The van der Waals surface area contributed by atoms with Crippen LogP contribution in [0.4, 0.5) is 0 Å². The van der Waals surface area contributed by atoms with E-state index in [2.05, 4.69) is 12.0 Å². The minimum absolute atomic E-state index is 0.0829. The summed E-state index contributed by atoms with van der Waals surface area (Å²) in [5, 5.41) is 5.25. The molecule has 4 nitrogen and oxygen atoms in total. The van der Waals surface area contributed by atoms with Crippen LogP contribution in [0.15, 0.2) is 30.3 Å². The van der Waals surface area contributed by atoms with E-state index in [-0.39, 0.29) is 5.91 Å². The maximum Gasteiger partial charge on any atom is 0.272 e. The van der Waals surface area contributed by atoms with Gasteiger partial charge in [0.1, 0.15) is 5.69 Å². The average molecular weight is 332 g/mol. The zero-order valence-electron chi connectivity index (χ0n) is 13.6. The number of piperidine rings is 1. The molecule has 0 saturated carbocycles. The molecule has 2 heterocycles. The first-order valence-corrected chi connectivity index (χ1v) is 8.59. The number of benzene rings is 1. The molecule has 1 fully saturated rings. The van der Waals surface area contributed by atoms with E-state index in [9.17, 15) is 4.79 Å². The lowest BCUT2D eigenvalue weighted by atomic mass is 9.99. The SMILES string of the molecule is CCn1nc(-c2cccc(Cl)c2)cc1C(=O)N1CCC(C)CC1. The van der Waals surface area contributed by atoms with Gasteiger partial charge in [-0.15, -0.1) is 0 Å². The van der Waals surface area contributed by atoms with Gasteiger partial charge in [0.15, 0.2) is 0 Å². The predicted molar refractivity (Wildman–Crippen MR) is 92.6 cm³/mol. The fourth-order valence-electron chi connectivity index (χ4n) is 2.99. The van der Waals surface area contributed by atoms with E-state index in [4.69, 9.17) is 11.6 Å². The lowest BCUT2D eigenvalue weighted by molar-refractivity contribution is 0.0684. The molecule has 0 aliphatic carbocycles. The Morgan fingerprint density at radius 3 is 2.70 bits per heavy atom. The Kier molecular flexibility index (Phi) is 4.71. The fourth-order valence-corrected chi connectivity index (χ4v) is 3.18. The molecular weight excluding hydrogens is 310 g/mol. The van der Waals surface area contributed by atoms with E-state index in [0.717, 1.165) is 37.2 Å². The van der Waals surface area contributed by atoms with Crippen LogP contribution in [-0.2, 0) is 6.54 Å². The van der Waals surface area contributed by atoms with Crippen molar-refractivity contribution in [3.63, 3.8) is 0 Å². The summed E-state index contributed by atoms with van der Waals surface area (Å²) in [4.78, 5) is 14.8. The van der Waals surface area contributed by atoms with Gasteiger partial charge in [-0.2, -0.15) is 5.10 Å². The number of nitrogens with zero attached hydrogens (tertiary/aromatic N) is 3. The standard InChI is InChI=1S/C18H22ClN3O/c1-3-22-17(18(23)21-9-7-13(2)8-10-21)12-16(20-22)14-5-4-6-15(19)11-14/h4-6,11-13H,3,7-10H2,1-2H3. The molecule has 23 heavy (non-hydrogen) atoms. The molecule has 1 amide bonds. The van der Waals surface area contributed by atoms with Gasteiger partial charge < -0.3 is 4.90 Å². The number of hydrogen-bond donors (Lipinski definition) is 0. The number of likely N-dealkylation sites (tertiary alicyclic amines) is 1. The highest BCUT2D eigenvalue weighted by molar-refractivity contribution is 6.30. The molecule has 2 aromatic rings. The summed E-state index contributed by atoms with van der Waals surface area (Å²) >= 11 is 6.06. The van der Waals surface area contributed by atoms with Crippen LogP contribution >= 0.6 is 11.6 Å². The van der Waals surface area contributed by atoms with Crippen molar-refractivity contribution in [2.24, 2.45) is 5.92 Å². The zero-order valence-corrected chi connectivity index (χ0v) is 14.4. The Morgan fingerprint density at radius 2 is 2.04 bits per heavy atom. The number of aryl methyl sites for hydroxylation is 1. The van der Waals surface area contributed by atoms with Crippen molar-refractivity contribution in [1.29, 1.82) is 0 Å². The first-order valence-electron chi connectivity index (χ1n) is 8.21. The normalized spacial score (nSPS) is 15.9. The topological polar surface area (TPSA) is 38.1 Å². The van der Waals surface area contributed by atoms with Gasteiger partial charge in [0, 0.05) is 30.2 Å². The molecule has 122 valence electrons. The molecule has 0 atom stereocenters. The number of amides is 1. The molecule has 3 rings (SSSR count). The Hall–Kier alpha value is -1.81. The first-order chi connectivity index (χ1) is 11.1. The summed E-state index contributed by atoms with van der Waals surface area (Å²) in [5.74, 6) is 0.789. The molecule has 1 aliphatic rings. The summed E-state index contributed by atoms with van der Waals surface area (Å²) < 4.78 is 1.79. The van der Waals surface area contributed by atoms with Gasteiger partial charge in [-0.3, -0.25) is 9.48 Å². The molecule has 1 saturated heterocycles. The Bertz CT molecular complexity index is 702. The van der Waals surface area contributed by atoms with Crippen LogP contribution in [0, 0.1) is 5.92 Å². The van der Waals surface area contributed by atoms with Crippen molar-refractivity contribution in [2.45, 2.75) is 33.2 Å². The van der Waals surface area contributed by atoms with Gasteiger partial charge >= 0.3 is 0 Å². The third kappa shape index (κ3) is 3.42. The summed E-state index contributed by atoms with van der Waals surface area (Å²) in [7, 11) is 0. The lowest BCUT2D eigenvalue weighted by Crippen LogP contribution is -2.38. The van der Waals surface area contributed by atoms with Crippen LogP contribution in [0.25, 0.3) is 11.3 Å². The second-order valence-electron chi connectivity index (χ2n) is 6.22. The molecule has 0 bridgehead atoms.